The van der Waals surface area contributed by atoms with Gasteiger partial charge in [0.05, 0.1) is 14.2 Å². The predicted octanol–water partition coefficient (Wildman–Crippen LogP) is 4.53. The number of esters is 1. The van der Waals surface area contributed by atoms with Crippen molar-refractivity contribution in [2.24, 2.45) is 0 Å². The van der Waals surface area contributed by atoms with Crippen molar-refractivity contribution in [3.05, 3.63) is 60.2 Å². The Bertz CT molecular complexity index is 1220. The van der Waals surface area contributed by atoms with Gasteiger partial charge in [0.15, 0.2) is 5.75 Å². The highest BCUT2D eigenvalue weighted by molar-refractivity contribution is 7.88. The van der Waals surface area contributed by atoms with E-state index in [0.29, 0.717) is 16.5 Å². The van der Waals surface area contributed by atoms with Crippen LogP contribution in [0.1, 0.15) is 10.4 Å². The van der Waals surface area contributed by atoms with E-state index < -0.39 is 32.9 Å². The molecule has 0 bridgehead atoms. The van der Waals surface area contributed by atoms with Gasteiger partial charge in [-0.05, 0) is 52.2 Å². The number of alkyl halides is 3. The van der Waals surface area contributed by atoms with Crippen LogP contribution in [0.2, 0.25) is 0 Å². The van der Waals surface area contributed by atoms with E-state index in [1.807, 2.05) is 6.07 Å². The fourth-order valence-corrected chi connectivity index (χ4v) is 3.23. The van der Waals surface area contributed by atoms with Gasteiger partial charge in [0.1, 0.15) is 11.3 Å². The highest BCUT2D eigenvalue weighted by Crippen LogP contribution is 2.34. The summed E-state index contributed by atoms with van der Waals surface area (Å²) in [5, 5.41) is 0.828. The maximum absolute atomic E-state index is 12.7. The monoisotopic (exact) mass is 440 g/mol. The molecular weight excluding hydrogens is 425 g/mol. The average Bonchev–Trinajstić information content (AvgIpc) is 2.71. The van der Waals surface area contributed by atoms with Crippen LogP contribution in [0.15, 0.2) is 54.6 Å². The highest BCUT2D eigenvalue weighted by Gasteiger charge is 2.49. The number of methoxy groups -OCH3 is 2. The van der Waals surface area contributed by atoms with Crippen LogP contribution < -0.4 is 8.92 Å². The lowest BCUT2D eigenvalue weighted by Crippen LogP contribution is -2.28. The van der Waals surface area contributed by atoms with Crippen LogP contribution in [0.3, 0.4) is 0 Å². The zero-order valence-electron chi connectivity index (χ0n) is 15.7. The van der Waals surface area contributed by atoms with Crippen LogP contribution in [0.4, 0.5) is 13.2 Å². The summed E-state index contributed by atoms with van der Waals surface area (Å²) in [6.07, 6.45) is 0. The Balaban J connectivity index is 2.14. The van der Waals surface area contributed by atoms with Crippen LogP contribution in [0, 0.1) is 0 Å². The molecule has 3 aromatic rings. The third-order valence-corrected chi connectivity index (χ3v) is 5.20. The molecule has 0 unspecified atom stereocenters. The Labute approximate surface area is 169 Å². The minimum atomic E-state index is -5.96. The Kier molecular flexibility index (Phi) is 5.62. The molecule has 0 aliphatic rings. The molecule has 3 aromatic carbocycles. The SMILES string of the molecule is COC(=O)c1cc2cc(-c3cccc(OC)c3)ccc2cc1OS(=O)(=O)C(F)(F)F. The van der Waals surface area contributed by atoms with Crippen LogP contribution >= 0.6 is 0 Å². The quantitative estimate of drug-likeness (QED) is 0.330. The molecular formula is C20H15F3O6S. The van der Waals surface area contributed by atoms with E-state index in [9.17, 15) is 26.4 Å². The minimum absolute atomic E-state index is 0.363. The molecule has 10 heteroatoms. The van der Waals surface area contributed by atoms with Gasteiger partial charge in [-0.25, -0.2) is 4.79 Å². The van der Waals surface area contributed by atoms with Gasteiger partial charge in [-0.3, -0.25) is 0 Å². The highest BCUT2D eigenvalue weighted by atomic mass is 32.2. The predicted molar refractivity (Wildman–Crippen MR) is 103 cm³/mol. The second kappa shape index (κ2) is 7.86. The number of hydrogen-bond acceptors (Lipinski definition) is 6. The Hall–Kier alpha value is -3.27. The van der Waals surface area contributed by atoms with Crippen molar-refractivity contribution in [2.45, 2.75) is 5.51 Å². The maximum atomic E-state index is 12.7. The molecule has 30 heavy (non-hydrogen) atoms. The van der Waals surface area contributed by atoms with Gasteiger partial charge in [-0.2, -0.15) is 21.6 Å². The summed E-state index contributed by atoms with van der Waals surface area (Å²) in [5.74, 6) is -1.19. The minimum Gasteiger partial charge on any atom is -0.497 e. The summed E-state index contributed by atoms with van der Waals surface area (Å²) in [7, 11) is -3.42. The normalized spacial score (nSPS) is 11.9. The second-order valence-corrected chi connectivity index (χ2v) is 7.65. The summed E-state index contributed by atoms with van der Waals surface area (Å²) in [4.78, 5) is 12.1. The molecule has 0 saturated carbocycles. The number of carbonyl (C=O) groups excluding carboxylic acids is 1. The van der Waals surface area contributed by atoms with Gasteiger partial charge in [-0.1, -0.05) is 24.3 Å². The van der Waals surface area contributed by atoms with Crippen molar-refractivity contribution in [2.75, 3.05) is 14.2 Å². The van der Waals surface area contributed by atoms with E-state index in [1.54, 1.807) is 36.4 Å². The number of halogens is 3. The lowest BCUT2D eigenvalue weighted by molar-refractivity contribution is -0.0500. The molecule has 0 atom stereocenters. The van der Waals surface area contributed by atoms with Gasteiger partial charge in [0, 0.05) is 0 Å². The number of benzene rings is 3. The van der Waals surface area contributed by atoms with Crippen molar-refractivity contribution >= 4 is 26.9 Å². The van der Waals surface area contributed by atoms with E-state index in [1.165, 1.54) is 13.2 Å². The summed E-state index contributed by atoms with van der Waals surface area (Å²) in [5.41, 5.74) is -4.56. The Morgan fingerprint density at radius 1 is 0.900 bits per heavy atom. The van der Waals surface area contributed by atoms with Crippen LogP contribution in [0.5, 0.6) is 11.5 Å². The Morgan fingerprint density at radius 2 is 1.60 bits per heavy atom. The number of carbonyl (C=O) groups is 1. The Morgan fingerprint density at radius 3 is 2.23 bits per heavy atom. The average molecular weight is 440 g/mol. The van der Waals surface area contributed by atoms with Crippen molar-refractivity contribution < 1.29 is 40.0 Å². The van der Waals surface area contributed by atoms with Crippen molar-refractivity contribution in [3.63, 3.8) is 0 Å². The third kappa shape index (κ3) is 4.18. The molecule has 3 rings (SSSR count). The lowest BCUT2D eigenvalue weighted by atomic mass is 9.99. The molecule has 0 saturated heterocycles. The molecule has 0 aliphatic heterocycles. The molecule has 0 radical (unpaired) electrons. The molecule has 0 fully saturated rings. The second-order valence-electron chi connectivity index (χ2n) is 6.12. The summed E-state index contributed by atoms with van der Waals surface area (Å²) >= 11 is 0. The molecule has 0 aromatic heterocycles. The molecule has 6 nitrogen and oxygen atoms in total. The number of hydrogen-bond donors (Lipinski definition) is 0. The zero-order valence-corrected chi connectivity index (χ0v) is 16.5. The molecule has 0 amide bonds. The van der Waals surface area contributed by atoms with Crippen LogP contribution in [-0.4, -0.2) is 34.1 Å². The largest absolute Gasteiger partial charge is 0.534 e. The smallest absolute Gasteiger partial charge is 0.497 e. The van der Waals surface area contributed by atoms with Gasteiger partial charge >= 0.3 is 21.6 Å². The van der Waals surface area contributed by atoms with Gasteiger partial charge in [-0.15, -0.1) is 0 Å². The number of fused-ring (bicyclic) bond motifs is 1. The first-order valence-electron chi connectivity index (χ1n) is 8.37. The van der Waals surface area contributed by atoms with Crippen LogP contribution in [0.25, 0.3) is 21.9 Å². The van der Waals surface area contributed by atoms with Crippen LogP contribution in [-0.2, 0) is 14.9 Å². The first-order chi connectivity index (χ1) is 14.1. The fraction of sp³-hybridized carbons (Fsp3) is 0.150. The molecule has 158 valence electrons. The number of rotatable bonds is 5. The van der Waals surface area contributed by atoms with Crippen molar-refractivity contribution in [3.8, 4) is 22.6 Å². The molecule has 0 aliphatic carbocycles. The summed E-state index contributed by atoms with van der Waals surface area (Å²) in [6, 6.07) is 14.4. The van der Waals surface area contributed by atoms with E-state index in [0.717, 1.165) is 24.3 Å². The number of ether oxygens (including phenoxy) is 2. The first kappa shape index (κ1) is 21.4. The summed E-state index contributed by atoms with van der Waals surface area (Å²) in [6.45, 7) is 0. The maximum Gasteiger partial charge on any atom is 0.534 e. The van der Waals surface area contributed by atoms with E-state index in [2.05, 4.69) is 8.92 Å². The van der Waals surface area contributed by atoms with Gasteiger partial charge in [0.25, 0.3) is 0 Å². The van der Waals surface area contributed by atoms with E-state index >= 15 is 0 Å². The standard InChI is InChI=1S/C20H15F3O6S/c1-27-16-5-3-4-12(9-16)13-6-7-14-11-18(29-30(25,26)20(21,22)23)17(19(24)28-2)10-15(14)8-13/h3-11H,1-2H3. The van der Waals surface area contributed by atoms with Gasteiger partial charge < -0.3 is 13.7 Å². The molecule has 0 heterocycles. The van der Waals surface area contributed by atoms with Gasteiger partial charge in [0.2, 0.25) is 0 Å². The summed E-state index contributed by atoms with van der Waals surface area (Å²) < 4.78 is 74.9. The third-order valence-electron chi connectivity index (χ3n) is 4.23. The van der Waals surface area contributed by atoms with Crippen molar-refractivity contribution in [1.82, 2.24) is 0 Å². The molecule has 0 spiro atoms. The van der Waals surface area contributed by atoms with Crippen molar-refractivity contribution in [1.29, 1.82) is 0 Å². The van der Waals surface area contributed by atoms with E-state index in [-0.39, 0.29) is 0 Å². The zero-order chi connectivity index (χ0) is 22.1. The fourth-order valence-electron chi connectivity index (χ4n) is 2.76. The molecule has 0 N–H and O–H groups in total. The topological polar surface area (TPSA) is 78.9 Å². The van der Waals surface area contributed by atoms with E-state index in [4.69, 9.17) is 4.74 Å². The first-order valence-corrected chi connectivity index (χ1v) is 9.78. The lowest BCUT2D eigenvalue weighted by Gasteiger charge is -2.14.